The molecule has 1 saturated heterocycles. The van der Waals surface area contributed by atoms with E-state index in [9.17, 15) is 13.6 Å². The van der Waals surface area contributed by atoms with E-state index < -0.39 is 11.9 Å². The van der Waals surface area contributed by atoms with Crippen LogP contribution < -0.4 is 0 Å². The number of hydrogen-bond donors (Lipinski definition) is 1. The van der Waals surface area contributed by atoms with Gasteiger partial charge >= 0.3 is 5.97 Å². The monoisotopic (exact) mass is 247 g/mol. The van der Waals surface area contributed by atoms with Crippen molar-refractivity contribution < 1.29 is 18.7 Å². The Morgan fingerprint density at radius 2 is 1.65 bits per heavy atom. The summed E-state index contributed by atoms with van der Waals surface area (Å²) < 4.78 is 26.0. The van der Waals surface area contributed by atoms with Crippen LogP contribution in [0.2, 0.25) is 0 Å². The summed E-state index contributed by atoms with van der Waals surface area (Å²) in [4.78, 5) is 12.9. The summed E-state index contributed by atoms with van der Waals surface area (Å²) >= 11 is 0. The first kappa shape index (κ1) is 12.7. The Hall–Kier alpha value is -0.710. The summed E-state index contributed by atoms with van der Waals surface area (Å²) in [7, 11) is 0. The van der Waals surface area contributed by atoms with Gasteiger partial charge in [0.1, 0.15) is 0 Å². The minimum atomic E-state index is -2.49. The molecule has 5 heteroatoms. The minimum absolute atomic E-state index is 0.0497. The van der Waals surface area contributed by atoms with E-state index in [1.807, 2.05) is 0 Å². The SMILES string of the molecule is O=C(O)C1CCC(N2CCC(F)(F)CC2)CC1. The third-order valence-electron chi connectivity index (χ3n) is 4.09. The molecule has 17 heavy (non-hydrogen) atoms. The highest BCUT2D eigenvalue weighted by atomic mass is 19.3. The largest absolute Gasteiger partial charge is 0.481 e. The zero-order valence-electron chi connectivity index (χ0n) is 9.87. The Labute approximate surface area is 99.8 Å². The zero-order valence-corrected chi connectivity index (χ0v) is 9.87. The smallest absolute Gasteiger partial charge is 0.306 e. The second kappa shape index (κ2) is 4.88. The second-order valence-electron chi connectivity index (χ2n) is 5.24. The summed E-state index contributed by atoms with van der Waals surface area (Å²) in [5.74, 6) is -3.43. The average Bonchev–Trinajstić information content (AvgIpc) is 2.29. The second-order valence-corrected chi connectivity index (χ2v) is 5.24. The molecular weight excluding hydrogens is 228 g/mol. The maximum atomic E-state index is 13.0. The molecule has 0 atom stereocenters. The van der Waals surface area contributed by atoms with Crippen LogP contribution in [-0.4, -0.2) is 41.0 Å². The van der Waals surface area contributed by atoms with Gasteiger partial charge in [-0.2, -0.15) is 0 Å². The van der Waals surface area contributed by atoms with Crippen molar-refractivity contribution >= 4 is 5.97 Å². The van der Waals surface area contributed by atoms with Crippen molar-refractivity contribution in [2.24, 2.45) is 5.92 Å². The van der Waals surface area contributed by atoms with E-state index >= 15 is 0 Å². The maximum absolute atomic E-state index is 13.0. The molecule has 1 heterocycles. The number of carboxylic acid groups (broad SMARTS) is 1. The summed E-state index contributed by atoms with van der Waals surface area (Å²) in [5.41, 5.74) is 0. The van der Waals surface area contributed by atoms with Crippen LogP contribution in [-0.2, 0) is 4.79 Å². The molecule has 1 saturated carbocycles. The zero-order chi connectivity index (χ0) is 12.5. The van der Waals surface area contributed by atoms with Crippen molar-refractivity contribution in [3.8, 4) is 0 Å². The lowest BCUT2D eigenvalue weighted by Crippen LogP contribution is -2.46. The van der Waals surface area contributed by atoms with Gasteiger partial charge in [-0.05, 0) is 25.7 Å². The third kappa shape index (κ3) is 3.15. The number of alkyl halides is 2. The normalized spacial score (nSPS) is 34.5. The van der Waals surface area contributed by atoms with Gasteiger partial charge in [-0.15, -0.1) is 0 Å². The first-order chi connectivity index (χ1) is 7.98. The summed E-state index contributed by atoms with van der Waals surface area (Å²) in [6, 6.07) is 0.321. The Kier molecular flexibility index (Phi) is 3.66. The lowest BCUT2D eigenvalue weighted by molar-refractivity contribution is -0.143. The van der Waals surface area contributed by atoms with Gasteiger partial charge < -0.3 is 5.11 Å². The number of aliphatic carboxylic acids is 1. The average molecular weight is 247 g/mol. The van der Waals surface area contributed by atoms with E-state index in [1.165, 1.54) is 0 Å². The van der Waals surface area contributed by atoms with Gasteiger partial charge in [0.05, 0.1) is 5.92 Å². The van der Waals surface area contributed by atoms with E-state index in [1.54, 1.807) is 0 Å². The molecule has 98 valence electrons. The van der Waals surface area contributed by atoms with Crippen LogP contribution in [0.1, 0.15) is 38.5 Å². The van der Waals surface area contributed by atoms with Gasteiger partial charge in [0, 0.05) is 32.0 Å². The topological polar surface area (TPSA) is 40.5 Å². The highest BCUT2D eigenvalue weighted by Crippen LogP contribution is 2.33. The number of piperidine rings is 1. The Balaban J connectivity index is 1.80. The molecular formula is C12H19F2NO2. The molecule has 1 aliphatic carbocycles. The van der Waals surface area contributed by atoms with Crippen LogP contribution in [0, 0.1) is 5.92 Å². The minimum Gasteiger partial charge on any atom is -0.481 e. The summed E-state index contributed by atoms with van der Waals surface area (Å²) in [6.07, 6.45) is 2.95. The van der Waals surface area contributed by atoms with Crippen molar-refractivity contribution in [3.05, 3.63) is 0 Å². The molecule has 0 aromatic rings. The highest BCUT2D eigenvalue weighted by molar-refractivity contribution is 5.70. The number of likely N-dealkylation sites (tertiary alicyclic amines) is 1. The molecule has 3 nitrogen and oxygen atoms in total. The van der Waals surface area contributed by atoms with Gasteiger partial charge in [-0.3, -0.25) is 9.69 Å². The fraction of sp³-hybridized carbons (Fsp3) is 0.917. The first-order valence-electron chi connectivity index (χ1n) is 6.33. The Morgan fingerprint density at radius 3 is 2.12 bits per heavy atom. The Morgan fingerprint density at radius 1 is 1.12 bits per heavy atom. The van der Waals surface area contributed by atoms with Gasteiger partial charge in [0.2, 0.25) is 0 Å². The van der Waals surface area contributed by atoms with E-state index in [2.05, 4.69) is 4.90 Å². The van der Waals surface area contributed by atoms with Crippen molar-refractivity contribution in [1.82, 2.24) is 4.90 Å². The molecule has 0 unspecified atom stereocenters. The van der Waals surface area contributed by atoms with E-state index in [-0.39, 0.29) is 18.8 Å². The molecule has 0 aromatic carbocycles. The summed E-state index contributed by atoms with van der Waals surface area (Å²) in [6.45, 7) is 0.908. The molecule has 0 radical (unpaired) electrons. The molecule has 2 rings (SSSR count). The van der Waals surface area contributed by atoms with Gasteiger partial charge in [-0.1, -0.05) is 0 Å². The predicted molar refractivity (Wildman–Crippen MR) is 59.1 cm³/mol. The third-order valence-corrected chi connectivity index (χ3v) is 4.09. The van der Waals surface area contributed by atoms with E-state index in [0.717, 1.165) is 12.8 Å². The van der Waals surface area contributed by atoms with E-state index in [4.69, 9.17) is 5.11 Å². The van der Waals surface area contributed by atoms with Crippen LogP contribution >= 0.6 is 0 Å². The van der Waals surface area contributed by atoms with Crippen molar-refractivity contribution in [3.63, 3.8) is 0 Å². The lowest BCUT2D eigenvalue weighted by atomic mass is 9.84. The van der Waals surface area contributed by atoms with Gasteiger partial charge in [0.25, 0.3) is 5.92 Å². The van der Waals surface area contributed by atoms with Crippen molar-refractivity contribution in [2.75, 3.05) is 13.1 Å². The standard InChI is InChI=1S/C12H19F2NO2/c13-12(14)5-7-15(8-6-12)10-3-1-9(2-4-10)11(16)17/h9-10H,1-8H2,(H,16,17). The van der Waals surface area contributed by atoms with Crippen molar-refractivity contribution in [1.29, 1.82) is 0 Å². The van der Waals surface area contributed by atoms with Gasteiger partial charge in [0.15, 0.2) is 0 Å². The van der Waals surface area contributed by atoms with Crippen molar-refractivity contribution in [2.45, 2.75) is 50.5 Å². The molecule has 0 amide bonds. The number of halogens is 2. The summed E-state index contributed by atoms with van der Waals surface area (Å²) in [5, 5.41) is 8.89. The Bertz CT molecular complexity index is 278. The molecule has 0 bridgehead atoms. The number of carbonyl (C=O) groups is 1. The number of hydrogen-bond acceptors (Lipinski definition) is 2. The predicted octanol–water partition coefficient (Wildman–Crippen LogP) is 2.36. The fourth-order valence-electron chi connectivity index (χ4n) is 2.90. The van der Waals surface area contributed by atoms with Crippen LogP contribution in [0.5, 0.6) is 0 Å². The molecule has 1 N–H and O–H groups in total. The molecule has 2 fully saturated rings. The van der Waals surface area contributed by atoms with Crippen LogP contribution in [0.4, 0.5) is 8.78 Å². The van der Waals surface area contributed by atoms with Gasteiger partial charge in [-0.25, -0.2) is 8.78 Å². The van der Waals surface area contributed by atoms with Crippen LogP contribution in [0.15, 0.2) is 0 Å². The number of carboxylic acids is 1. The maximum Gasteiger partial charge on any atom is 0.306 e. The molecule has 1 aliphatic heterocycles. The van der Waals surface area contributed by atoms with Crippen LogP contribution in [0.25, 0.3) is 0 Å². The quantitative estimate of drug-likeness (QED) is 0.814. The van der Waals surface area contributed by atoms with E-state index in [0.29, 0.717) is 32.0 Å². The molecule has 0 spiro atoms. The van der Waals surface area contributed by atoms with Crippen LogP contribution in [0.3, 0.4) is 0 Å². The molecule has 2 aliphatic rings. The molecule has 0 aromatic heterocycles. The first-order valence-corrected chi connectivity index (χ1v) is 6.33. The number of nitrogens with zero attached hydrogens (tertiary/aromatic N) is 1. The number of rotatable bonds is 2. The lowest BCUT2D eigenvalue weighted by Gasteiger charge is -2.40. The fourth-order valence-corrected chi connectivity index (χ4v) is 2.90. The highest BCUT2D eigenvalue weighted by Gasteiger charge is 2.37.